The zero-order valence-electron chi connectivity index (χ0n) is 14.6. The number of nitrogens with zero attached hydrogens (tertiary/aromatic N) is 5. The molecule has 140 valence electrons. The Labute approximate surface area is 170 Å². The average molecular weight is 411 g/mol. The second kappa shape index (κ2) is 8.37. The molecular weight excluding hydrogens is 396 g/mol. The molecule has 4 aromatic rings. The summed E-state index contributed by atoms with van der Waals surface area (Å²) < 4.78 is 1.65. The second-order valence-electron chi connectivity index (χ2n) is 5.90. The molecule has 0 saturated carbocycles. The van der Waals surface area contributed by atoms with E-state index in [1.165, 1.54) is 11.8 Å². The number of hydrogen-bond acceptors (Lipinski definition) is 6. The van der Waals surface area contributed by atoms with Crippen molar-refractivity contribution in [1.29, 1.82) is 0 Å². The number of rotatable bonds is 6. The number of hydrogen-bond donors (Lipinski definition) is 1. The highest BCUT2D eigenvalue weighted by Gasteiger charge is 2.11. The third-order valence-electron chi connectivity index (χ3n) is 3.95. The van der Waals surface area contributed by atoms with Crippen molar-refractivity contribution in [3.63, 3.8) is 0 Å². The minimum atomic E-state index is -0.0954. The fourth-order valence-electron chi connectivity index (χ4n) is 2.52. The van der Waals surface area contributed by atoms with Crippen LogP contribution in [0.2, 0.25) is 5.02 Å². The van der Waals surface area contributed by atoms with Crippen LogP contribution >= 0.6 is 23.4 Å². The van der Waals surface area contributed by atoms with Crippen LogP contribution in [-0.4, -0.2) is 36.5 Å². The van der Waals surface area contributed by atoms with E-state index in [9.17, 15) is 4.79 Å². The van der Waals surface area contributed by atoms with E-state index in [4.69, 9.17) is 11.6 Å². The van der Waals surface area contributed by atoms with Crippen LogP contribution in [0, 0.1) is 0 Å². The van der Waals surface area contributed by atoms with Crippen molar-refractivity contribution in [3.05, 3.63) is 71.5 Å². The van der Waals surface area contributed by atoms with E-state index in [0.717, 1.165) is 16.8 Å². The first-order valence-electron chi connectivity index (χ1n) is 8.46. The number of benzene rings is 1. The van der Waals surface area contributed by atoms with Gasteiger partial charge < -0.3 is 5.32 Å². The Morgan fingerprint density at radius 1 is 1.04 bits per heavy atom. The largest absolute Gasteiger partial charge is 0.351 e. The quantitative estimate of drug-likeness (QED) is 0.491. The first kappa shape index (κ1) is 18.4. The topological polar surface area (TPSA) is 85.1 Å². The lowest BCUT2D eigenvalue weighted by molar-refractivity contribution is -0.118. The van der Waals surface area contributed by atoms with Crippen molar-refractivity contribution in [2.75, 3.05) is 5.75 Å². The van der Waals surface area contributed by atoms with Gasteiger partial charge in [0, 0.05) is 29.5 Å². The maximum Gasteiger partial charge on any atom is 0.230 e. The van der Waals surface area contributed by atoms with Gasteiger partial charge >= 0.3 is 0 Å². The minimum absolute atomic E-state index is 0.0954. The number of aromatic nitrogens is 5. The van der Waals surface area contributed by atoms with E-state index in [2.05, 4.69) is 25.6 Å². The third-order valence-corrected chi connectivity index (χ3v) is 5.12. The van der Waals surface area contributed by atoms with Crippen LogP contribution in [0.15, 0.2) is 66.1 Å². The molecule has 0 aliphatic rings. The predicted octanol–water partition coefficient (Wildman–Crippen LogP) is 3.25. The molecule has 28 heavy (non-hydrogen) atoms. The van der Waals surface area contributed by atoms with Gasteiger partial charge in [0.25, 0.3) is 0 Å². The molecule has 9 heteroatoms. The third kappa shape index (κ3) is 4.29. The zero-order chi connectivity index (χ0) is 19.3. The summed E-state index contributed by atoms with van der Waals surface area (Å²) in [6, 6.07) is 14.9. The normalized spacial score (nSPS) is 10.9. The Balaban J connectivity index is 1.41. The number of thioether (sulfide) groups is 1. The van der Waals surface area contributed by atoms with E-state index in [-0.39, 0.29) is 11.7 Å². The molecule has 1 aromatic carbocycles. The lowest BCUT2D eigenvalue weighted by atomic mass is 10.2. The molecule has 3 aromatic heterocycles. The van der Waals surface area contributed by atoms with Crippen molar-refractivity contribution in [1.82, 2.24) is 30.1 Å². The van der Waals surface area contributed by atoms with Gasteiger partial charge in [0.1, 0.15) is 0 Å². The molecule has 3 heterocycles. The Hall–Kier alpha value is -2.97. The smallest absolute Gasteiger partial charge is 0.230 e. The molecule has 1 N–H and O–H groups in total. The predicted molar refractivity (Wildman–Crippen MR) is 108 cm³/mol. The number of fused-ring (bicyclic) bond motifs is 1. The van der Waals surface area contributed by atoms with Gasteiger partial charge in [-0.05, 0) is 42.0 Å². The van der Waals surface area contributed by atoms with E-state index < -0.39 is 0 Å². The molecule has 4 rings (SSSR count). The summed E-state index contributed by atoms with van der Waals surface area (Å²) in [6.45, 7) is 0.446. The van der Waals surface area contributed by atoms with Gasteiger partial charge in [-0.3, -0.25) is 9.78 Å². The maximum absolute atomic E-state index is 12.2. The van der Waals surface area contributed by atoms with E-state index in [1.807, 2.05) is 36.4 Å². The summed E-state index contributed by atoms with van der Waals surface area (Å²) in [7, 11) is 0. The number of amides is 1. The summed E-state index contributed by atoms with van der Waals surface area (Å²) in [5.74, 6) is 0.122. The number of nitrogens with one attached hydrogen (secondary N) is 1. The number of halogens is 1. The zero-order valence-corrected chi connectivity index (χ0v) is 16.2. The van der Waals surface area contributed by atoms with Gasteiger partial charge in [0.05, 0.1) is 11.4 Å². The average Bonchev–Trinajstić information content (AvgIpc) is 3.15. The van der Waals surface area contributed by atoms with Crippen LogP contribution in [0.4, 0.5) is 0 Å². The Morgan fingerprint density at radius 3 is 2.61 bits per heavy atom. The van der Waals surface area contributed by atoms with Crippen molar-refractivity contribution < 1.29 is 4.79 Å². The minimum Gasteiger partial charge on any atom is -0.351 e. The van der Waals surface area contributed by atoms with Gasteiger partial charge in [0.15, 0.2) is 5.65 Å². The van der Waals surface area contributed by atoms with Crippen molar-refractivity contribution in [2.24, 2.45) is 0 Å². The first-order valence-corrected chi connectivity index (χ1v) is 9.82. The van der Waals surface area contributed by atoms with E-state index in [0.29, 0.717) is 22.4 Å². The summed E-state index contributed by atoms with van der Waals surface area (Å²) in [5.41, 5.74) is 3.34. The molecule has 0 saturated heterocycles. The molecule has 7 nitrogen and oxygen atoms in total. The molecule has 0 atom stereocenters. The second-order valence-corrected chi connectivity index (χ2v) is 7.28. The summed E-state index contributed by atoms with van der Waals surface area (Å²) in [6.07, 6.45) is 3.43. The molecule has 0 unspecified atom stereocenters. The Bertz CT molecular complexity index is 1100. The monoisotopic (exact) mass is 410 g/mol. The lowest BCUT2D eigenvalue weighted by Crippen LogP contribution is -2.24. The van der Waals surface area contributed by atoms with Gasteiger partial charge in [-0.1, -0.05) is 35.5 Å². The molecule has 1 amide bonds. The Morgan fingerprint density at radius 2 is 1.82 bits per heavy atom. The van der Waals surface area contributed by atoms with Crippen LogP contribution in [0.5, 0.6) is 0 Å². The van der Waals surface area contributed by atoms with E-state index in [1.54, 1.807) is 29.0 Å². The van der Waals surface area contributed by atoms with Crippen molar-refractivity contribution in [3.8, 4) is 11.3 Å². The summed E-state index contributed by atoms with van der Waals surface area (Å²) in [4.78, 5) is 16.2. The van der Waals surface area contributed by atoms with Crippen LogP contribution in [0.25, 0.3) is 16.9 Å². The number of carbonyl (C=O) groups excluding carboxylic acids is 1. The van der Waals surface area contributed by atoms with Crippen LogP contribution in [0.3, 0.4) is 0 Å². The summed E-state index contributed by atoms with van der Waals surface area (Å²) >= 11 is 7.15. The first-order chi connectivity index (χ1) is 13.7. The molecule has 0 radical (unpaired) electrons. The highest BCUT2D eigenvalue weighted by Crippen LogP contribution is 2.20. The van der Waals surface area contributed by atoms with Crippen molar-refractivity contribution in [2.45, 2.75) is 11.7 Å². The number of pyridine rings is 1. The summed E-state index contributed by atoms with van der Waals surface area (Å²) in [5, 5.41) is 16.9. The highest BCUT2D eigenvalue weighted by molar-refractivity contribution is 7.99. The molecule has 0 bridgehead atoms. The van der Waals surface area contributed by atoms with Crippen LogP contribution in [0.1, 0.15) is 5.56 Å². The van der Waals surface area contributed by atoms with Gasteiger partial charge in [-0.25, -0.2) is 0 Å². The van der Waals surface area contributed by atoms with Crippen molar-refractivity contribution >= 4 is 34.9 Å². The molecule has 0 aliphatic carbocycles. The molecular formula is C19H15ClN6OS. The molecule has 0 fully saturated rings. The fourth-order valence-corrected chi connectivity index (χ4v) is 3.36. The number of carbonyl (C=O) groups is 1. The maximum atomic E-state index is 12.2. The SMILES string of the molecule is O=C(CSc1nnc2ccc(-c3ccncc3)nn12)NCc1ccc(Cl)cc1. The van der Waals surface area contributed by atoms with E-state index >= 15 is 0 Å². The van der Waals surface area contributed by atoms with Gasteiger partial charge in [-0.2, -0.15) is 9.61 Å². The highest BCUT2D eigenvalue weighted by atomic mass is 35.5. The van der Waals surface area contributed by atoms with Crippen LogP contribution in [-0.2, 0) is 11.3 Å². The standard InChI is InChI=1S/C19H15ClN6OS/c20-15-3-1-13(2-4-15)11-22-18(27)12-28-19-24-23-17-6-5-16(25-26(17)19)14-7-9-21-10-8-14/h1-10H,11-12H2,(H,22,27). The molecule has 0 aliphatic heterocycles. The van der Waals surface area contributed by atoms with Gasteiger partial charge in [0.2, 0.25) is 11.1 Å². The fraction of sp³-hybridized carbons (Fsp3) is 0.105. The Kier molecular flexibility index (Phi) is 5.50. The van der Waals surface area contributed by atoms with Gasteiger partial charge in [-0.15, -0.1) is 10.2 Å². The van der Waals surface area contributed by atoms with Crippen LogP contribution < -0.4 is 5.32 Å². The lowest BCUT2D eigenvalue weighted by Gasteiger charge is -2.05. The molecule has 0 spiro atoms.